The summed E-state index contributed by atoms with van der Waals surface area (Å²) in [6.07, 6.45) is 0.129. The third-order valence-electron chi connectivity index (χ3n) is 4.34. The van der Waals surface area contributed by atoms with Crippen molar-refractivity contribution in [2.24, 2.45) is 0 Å². The Kier molecular flexibility index (Phi) is 4.42. The molecular weight excluding hydrogens is 342 g/mol. The Morgan fingerprint density at radius 2 is 2.16 bits per heavy atom. The van der Waals surface area contributed by atoms with Crippen LogP contribution in [0, 0.1) is 13.8 Å². The lowest BCUT2D eigenvalue weighted by Gasteiger charge is -2.20. The number of rotatable bonds is 4. The molecule has 1 atom stereocenters. The zero-order valence-electron chi connectivity index (χ0n) is 14.2. The van der Waals surface area contributed by atoms with Crippen molar-refractivity contribution in [3.8, 4) is 11.4 Å². The van der Waals surface area contributed by atoms with Gasteiger partial charge in [0, 0.05) is 17.8 Å². The van der Waals surface area contributed by atoms with Crippen molar-refractivity contribution in [3.63, 3.8) is 0 Å². The summed E-state index contributed by atoms with van der Waals surface area (Å²) < 4.78 is 23.0. The Morgan fingerprint density at radius 3 is 2.80 bits per heavy atom. The Balaban J connectivity index is 1.73. The molecule has 0 spiro atoms. The molecule has 1 aliphatic rings. The van der Waals surface area contributed by atoms with Crippen LogP contribution >= 0.6 is 0 Å². The molecule has 2 aromatic rings. The van der Waals surface area contributed by atoms with Crippen LogP contribution in [-0.2, 0) is 9.84 Å². The number of hydrogen-bond acceptors (Lipinski definition) is 5. The lowest BCUT2D eigenvalue weighted by molar-refractivity contribution is 0.0607. The van der Waals surface area contributed by atoms with Crippen LogP contribution in [0.2, 0.25) is 0 Å². The number of aromatic nitrogens is 2. The van der Waals surface area contributed by atoms with Crippen molar-refractivity contribution in [3.05, 3.63) is 41.2 Å². The molecule has 1 aromatic carbocycles. The fourth-order valence-corrected chi connectivity index (χ4v) is 4.88. The summed E-state index contributed by atoms with van der Waals surface area (Å²) in [7, 11) is -3.23. The number of aliphatic hydroxyl groups is 1. The number of imidazole rings is 1. The highest BCUT2D eigenvalue weighted by molar-refractivity contribution is 7.91. The molecule has 7 nitrogen and oxygen atoms in total. The first-order chi connectivity index (χ1) is 11.7. The molecule has 2 heterocycles. The summed E-state index contributed by atoms with van der Waals surface area (Å²) in [6.45, 7) is 3.61. The van der Waals surface area contributed by atoms with E-state index in [0.717, 1.165) is 11.1 Å². The first-order valence-electron chi connectivity index (χ1n) is 8.02. The Morgan fingerprint density at radius 1 is 1.40 bits per heavy atom. The van der Waals surface area contributed by atoms with Gasteiger partial charge in [-0.05, 0) is 26.3 Å². The van der Waals surface area contributed by atoms with Gasteiger partial charge in [0.1, 0.15) is 11.5 Å². The van der Waals surface area contributed by atoms with Gasteiger partial charge in [0.05, 0.1) is 17.1 Å². The van der Waals surface area contributed by atoms with Gasteiger partial charge in [-0.25, -0.2) is 13.4 Å². The second kappa shape index (κ2) is 6.27. The highest BCUT2D eigenvalue weighted by Crippen LogP contribution is 2.23. The van der Waals surface area contributed by atoms with Gasteiger partial charge in [-0.15, -0.1) is 0 Å². The Hall–Kier alpha value is -2.19. The number of nitrogens with one attached hydrogen (secondary N) is 2. The minimum atomic E-state index is -3.23. The molecule has 1 aromatic heterocycles. The number of amides is 1. The molecule has 3 rings (SSSR count). The van der Waals surface area contributed by atoms with E-state index in [1.807, 2.05) is 31.2 Å². The number of aryl methyl sites for hydroxylation is 2. The van der Waals surface area contributed by atoms with Crippen LogP contribution in [0.3, 0.4) is 0 Å². The molecule has 1 aliphatic heterocycles. The number of carbonyl (C=O) groups is 1. The first-order valence-corrected chi connectivity index (χ1v) is 9.84. The van der Waals surface area contributed by atoms with Gasteiger partial charge in [0.25, 0.3) is 5.91 Å². The second-order valence-corrected chi connectivity index (χ2v) is 8.86. The predicted octanol–water partition coefficient (Wildman–Crippen LogP) is 0.973. The standard InChI is InChI=1S/C17H21N3O4S/c1-11-4-3-5-13(8-11)15-19-12(2)14(20-15)16(21)18-9-17(22)6-7-25(23,24)10-17/h3-5,8,22H,6-7,9-10H2,1-2H3,(H,18,21)(H,19,20). The second-order valence-electron chi connectivity index (χ2n) is 6.68. The number of nitrogens with zero attached hydrogens (tertiary/aromatic N) is 1. The molecule has 25 heavy (non-hydrogen) atoms. The molecule has 0 saturated carbocycles. The van der Waals surface area contributed by atoms with Crippen LogP contribution in [0.25, 0.3) is 11.4 Å². The number of H-pyrrole nitrogens is 1. The summed E-state index contributed by atoms with van der Waals surface area (Å²) in [5.41, 5.74) is 1.41. The van der Waals surface area contributed by atoms with E-state index in [1.165, 1.54) is 0 Å². The smallest absolute Gasteiger partial charge is 0.271 e. The first kappa shape index (κ1) is 17.6. The summed E-state index contributed by atoms with van der Waals surface area (Å²) in [6, 6.07) is 7.76. The van der Waals surface area contributed by atoms with E-state index in [0.29, 0.717) is 11.5 Å². The monoisotopic (exact) mass is 363 g/mol. The van der Waals surface area contributed by atoms with E-state index >= 15 is 0 Å². The normalized spacial score (nSPS) is 22.0. The van der Waals surface area contributed by atoms with Gasteiger partial charge in [-0.1, -0.05) is 23.8 Å². The number of hydrogen-bond donors (Lipinski definition) is 3. The van der Waals surface area contributed by atoms with Gasteiger partial charge in [0.15, 0.2) is 9.84 Å². The van der Waals surface area contributed by atoms with E-state index in [4.69, 9.17) is 0 Å². The lowest BCUT2D eigenvalue weighted by Crippen LogP contribution is -2.44. The predicted molar refractivity (Wildman–Crippen MR) is 94.1 cm³/mol. The van der Waals surface area contributed by atoms with Crippen LogP contribution in [0.4, 0.5) is 0 Å². The lowest BCUT2D eigenvalue weighted by atomic mass is 10.0. The largest absolute Gasteiger partial charge is 0.387 e. The van der Waals surface area contributed by atoms with Gasteiger partial charge in [0.2, 0.25) is 0 Å². The maximum Gasteiger partial charge on any atom is 0.271 e. The highest BCUT2D eigenvalue weighted by atomic mass is 32.2. The summed E-state index contributed by atoms with van der Waals surface area (Å²) in [5, 5.41) is 12.9. The third-order valence-corrected chi connectivity index (χ3v) is 6.14. The maximum atomic E-state index is 12.4. The summed E-state index contributed by atoms with van der Waals surface area (Å²) in [5.74, 6) is -0.231. The van der Waals surface area contributed by atoms with Crippen LogP contribution < -0.4 is 5.32 Å². The van der Waals surface area contributed by atoms with Crippen LogP contribution in [0.5, 0.6) is 0 Å². The van der Waals surface area contributed by atoms with Crippen molar-refractivity contribution in [2.75, 3.05) is 18.1 Å². The van der Waals surface area contributed by atoms with E-state index in [1.54, 1.807) is 6.92 Å². The Bertz CT molecular complexity index is 920. The Labute approximate surface area is 146 Å². The average Bonchev–Trinajstić information content (AvgIpc) is 3.05. The fourth-order valence-electron chi connectivity index (χ4n) is 2.98. The molecule has 1 unspecified atom stereocenters. The van der Waals surface area contributed by atoms with Crippen LogP contribution in [0.15, 0.2) is 24.3 Å². The van der Waals surface area contributed by atoms with Crippen molar-refractivity contribution in [1.29, 1.82) is 0 Å². The van der Waals surface area contributed by atoms with Crippen LogP contribution in [0.1, 0.15) is 28.2 Å². The van der Waals surface area contributed by atoms with E-state index in [2.05, 4.69) is 15.3 Å². The van der Waals surface area contributed by atoms with Gasteiger partial charge in [-0.2, -0.15) is 0 Å². The molecule has 3 N–H and O–H groups in total. The minimum Gasteiger partial charge on any atom is -0.387 e. The SMILES string of the molecule is Cc1cccc(-c2nc(C(=O)NCC3(O)CCS(=O)(=O)C3)c(C)[nH]2)c1. The van der Waals surface area contributed by atoms with Crippen molar-refractivity contribution < 1.29 is 18.3 Å². The van der Waals surface area contributed by atoms with Crippen molar-refractivity contribution in [1.82, 2.24) is 15.3 Å². The van der Waals surface area contributed by atoms with Gasteiger partial charge >= 0.3 is 0 Å². The summed E-state index contributed by atoms with van der Waals surface area (Å²) >= 11 is 0. The molecule has 134 valence electrons. The molecule has 1 amide bonds. The highest BCUT2D eigenvalue weighted by Gasteiger charge is 2.40. The minimum absolute atomic E-state index is 0.0572. The van der Waals surface area contributed by atoms with E-state index in [9.17, 15) is 18.3 Å². The molecule has 8 heteroatoms. The zero-order chi connectivity index (χ0) is 18.2. The third kappa shape index (κ3) is 3.91. The molecule has 0 aliphatic carbocycles. The van der Waals surface area contributed by atoms with Crippen LogP contribution in [-0.4, -0.2) is 53.1 Å². The van der Waals surface area contributed by atoms with Crippen molar-refractivity contribution >= 4 is 15.7 Å². The molecular formula is C17H21N3O4S. The fraction of sp³-hybridized carbons (Fsp3) is 0.412. The number of sulfone groups is 1. The van der Waals surface area contributed by atoms with Gasteiger partial charge < -0.3 is 15.4 Å². The quantitative estimate of drug-likeness (QED) is 0.749. The van der Waals surface area contributed by atoms with Gasteiger partial charge in [-0.3, -0.25) is 4.79 Å². The topological polar surface area (TPSA) is 112 Å². The zero-order valence-corrected chi connectivity index (χ0v) is 15.0. The number of benzene rings is 1. The molecule has 1 fully saturated rings. The number of aromatic amines is 1. The molecule has 0 bridgehead atoms. The molecule has 1 saturated heterocycles. The maximum absolute atomic E-state index is 12.4. The van der Waals surface area contributed by atoms with E-state index < -0.39 is 21.3 Å². The summed E-state index contributed by atoms with van der Waals surface area (Å²) in [4.78, 5) is 19.8. The molecule has 0 radical (unpaired) electrons. The van der Waals surface area contributed by atoms with Crippen molar-refractivity contribution in [2.45, 2.75) is 25.9 Å². The average molecular weight is 363 g/mol. The number of carbonyl (C=O) groups excluding carboxylic acids is 1. The van der Waals surface area contributed by atoms with E-state index in [-0.39, 0.29) is 30.2 Å².